The fourth-order valence-electron chi connectivity index (χ4n) is 6.21. The highest BCUT2D eigenvalue weighted by Crippen LogP contribution is 2.39. The van der Waals surface area contributed by atoms with Crippen LogP contribution in [0.25, 0.3) is 0 Å². The van der Waals surface area contributed by atoms with Crippen LogP contribution in [0.3, 0.4) is 0 Å². The van der Waals surface area contributed by atoms with E-state index in [0.29, 0.717) is 69.7 Å². The Morgan fingerprint density at radius 1 is 1.00 bits per heavy atom. The Labute approximate surface area is 222 Å². The number of aromatic nitrogens is 3. The largest absolute Gasteiger partial charge is 0.307 e. The quantitative estimate of drug-likeness (QED) is 0.433. The van der Waals surface area contributed by atoms with Gasteiger partial charge in [-0.2, -0.15) is 8.78 Å². The summed E-state index contributed by atoms with van der Waals surface area (Å²) in [6, 6.07) is 3.59. The third-order valence-corrected chi connectivity index (χ3v) is 9.49. The van der Waals surface area contributed by atoms with Crippen LogP contribution in [-0.4, -0.2) is 70.9 Å². The van der Waals surface area contributed by atoms with Crippen LogP contribution in [-0.2, 0) is 15.9 Å². The lowest BCUT2D eigenvalue weighted by Gasteiger charge is -2.41. The molecule has 2 aromatic rings. The van der Waals surface area contributed by atoms with E-state index < -0.39 is 27.6 Å². The second-order valence-corrected chi connectivity index (χ2v) is 13.0. The third kappa shape index (κ3) is 6.56. The molecule has 12 heteroatoms. The van der Waals surface area contributed by atoms with Crippen molar-refractivity contribution in [3.05, 3.63) is 47.0 Å². The minimum Gasteiger partial charge on any atom is -0.307 e. The predicted molar refractivity (Wildman–Crippen MR) is 136 cm³/mol. The van der Waals surface area contributed by atoms with Gasteiger partial charge in [0, 0.05) is 51.3 Å². The lowest BCUT2D eigenvalue weighted by atomic mass is 9.77. The molecule has 0 saturated carbocycles. The van der Waals surface area contributed by atoms with Gasteiger partial charge in [0.25, 0.3) is 0 Å². The van der Waals surface area contributed by atoms with Gasteiger partial charge in [-0.1, -0.05) is 0 Å². The van der Waals surface area contributed by atoms with Crippen LogP contribution in [0.1, 0.15) is 75.1 Å². The summed E-state index contributed by atoms with van der Waals surface area (Å²) in [6.45, 7) is 6.77. The zero-order valence-corrected chi connectivity index (χ0v) is 23.2. The van der Waals surface area contributed by atoms with Crippen LogP contribution >= 0.6 is 0 Å². The maximum Gasteiger partial charge on any atom is 0.304 e. The summed E-state index contributed by atoms with van der Waals surface area (Å²) in [5, 5.41) is 7.61. The van der Waals surface area contributed by atoms with Crippen molar-refractivity contribution >= 4 is 10.0 Å². The lowest BCUT2D eigenvalue weighted by molar-refractivity contribution is 0.00000770. The molecule has 2 saturated heterocycles. The maximum atomic E-state index is 14.2. The van der Waals surface area contributed by atoms with E-state index in [1.54, 1.807) is 11.5 Å². The Bertz CT molecular complexity index is 1200. The molecule has 38 heavy (non-hydrogen) atoms. The monoisotopic (exact) mass is 559 g/mol. The smallest absolute Gasteiger partial charge is 0.304 e. The first-order valence-electron chi connectivity index (χ1n) is 13.2. The molecule has 1 aromatic carbocycles. The van der Waals surface area contributed by atoms with E-state index in [9.17, 15) is 26.0 Å². The van der Waals surface area contributed by atoms with Crippen LogP contribution in [0.5, 0.6) is 0 Å². The first-order chi connectivity index (χ1) is 17.7. The van der Waals surface area contributed by atoms with E-state index in [4.69, 9.17) is 0 Å². The summed E-state index contributed by atoms with van der Waals surface area (Å²) in [6.07, 6.45) is 4.42. The molecule has 0 bridgehead atoms. The van der Waals surface area contributed by atoms with Crippen LogP contribution in [0.4, 0.5) is 17.6 Å². The van der Waals surface area contributed by atoms with Gasteiger partial charge < -0.3 is 9.47 Å². The highest BCUT2D eigenvalue weighted by Gasteiger charge is 2.37. The van der Waals surface area contributed by atoms with Gasteiger partial charge in [-0.3, -0.25) is 0 Å². The minimum absolute atomic E-state index is 0.0781. The molecule has 7 nitrogen and oxygen atoms in total. The fraction of sp³-hybridized carbons (Fsp3) is 0.692. The molecule has 1 aromatic heterocycles. The Morgan fingerprint density at radius 3 is 2.11 bits per heavy atom. The number of sulfonamides is 1. The molecule has 1 unspecified atom stereocenters. The van der Waals surface area contributed by atoms with Crippen molar-refractivity contribution < 1.29 is 26.0 Å². The molecule has 2 fully saturated rings. The van der Waals surface area contributed by atoms with E-state index in [-0.39, 0.29) is 29.7 Å². The van der Waals surface area contributed by atoms with Gasteiger partial charge >= 0.3 is 5.92 Å². The second kappa shape index (κ2) is 11.2. The van der Waals surface area contributed by atoms with Crippen molar-refractivity contribution in [2.75, 3.05) is 32.4 Å². The highest BCUT2D eigenvalue weighted by atomic mass is 32.2. The first-order valence-corrected chi connectivity index (χ1v) is 15.0. The predicted octanol–water partition coefficient (Wildman–Crippen LogP) is 4.85. The number of alkyl halides is 2. The Hall–Kier alpha value is -2.05. The number of halogens is 4. The normalized spacial score (nSPS) is 21.1. The number of piperidine rings is 2. The first kappa shape index (κ1) is 28.9. The number of benzene rings is 1. The molecule has 0 spiro atoms. The van der Waals surface area contributed by atoms with Crippen molar-refractivity contribution in [2.45, 2.75) is 76.8 Å². The SMILES string of the molecule is Cc1nnc(C(C)(F)F)n1C1CCN(C(C)C[C@@H](c2cc(F)cc(F)c2)C2CCN(S(C)(=O)=O)CC2)CC1. The number of rotatable bonds is 8. The van der Waals surface area contributed by atoms with Crippen molar-refractivity contribution in [3.63, 3.8) is 0 Å². The van der Waals surface area contributed by atoms with Crippen molar-refractivity contribution in [1.29, 1.82) is 0 Å². The van der Waals surface area contributed by atoms with Gasteiger partial charge in [0.15, 0.2) is 0 Å². The lowest BCUT2D eigenvalue weighted by Crippen LogP contribution is -2.43. The summed E-state index contributed by atoms with van der Waals surface area (Å²) in [5.41, 5.74) is 0.594. The van der Waals surface area contributed by atoms with E-state index in [2.05, 4.69) is 22.0 Å². The van der Waals surface area contributed by atoms with E-state index in [0.717, 1.165) is 13.0 Å². The molecule has 2 atom stereocenters. The summed E-state index contributed by atoms with van der Waals surface area (Å²) >= 11 is 0. The zero-order valence-electron chi connectivity index (χ0n) is 22.4. The number of hydrogen-bond donors (Lipinski definition) is 0. The second-order valence-electron chi connectivity index (χ2n) is 11.0. The molecule has 2 aliphatic heterocycles. The van der Waals surface area contributed by atoms with Crippen LogP contribution < -0.4 is 0 Å². The molecule has 2 aliphatic rings. The molecule has 0 radical (unpaired) electrons. The molecule has 3 heterocycles. The highest BCUT2D eigenvalue weighted by molar-refractivity contribution is 7.88. The van der Waals surface area contributed by atoms with Crippen LogP contribution in [0.2, 0.25) is 0 Å². The van der Waals surface area contributed by atoms with E-state index in [1.165, 1.54) is 22.7 Å². The standard InChI is InChI=1S/C26H37F4N5O2S/c1-17(33-9-7-23(8-10-33)35-18(2)31-32-25(35)26(3,29)30)13-24(20-14-21(27)16-22(28)15-20)19-5-11-34(12-6-19)38(4,36)37/h14-17,19,23-24H,5-13H2,1-4H3/t17?,24-/m1/s1. The van der Waals surface area contributed by atoms with Crippen LogP contribution in [0, 0.1) is 24.5 Å². The molecule has 212 valence electrons. The molecular formula is C26H37F4N5O2S. The number of nitrogens with zero attached hydrogens (tertiary/aromatic N) is 5. The zero-order chi connectivity index (χ0) is 27.8. The Kier molecular flexibility index (Phi) is 8.54. The maximum absolute atomic E-state index is 14.2. The molecule has 0 N–H and O–H groups in total. The van der Waals surface area contributed by atoms with Crippen molar-refractivity contribution in [3.8, 4) is 0 Å². The number of hydrogen-bond acceptors (Lipinski definition) is 5. The van der Waals surface area contributed by atoms with Gasteiger partial charge in [0.05, 0.1) is 6.26 Å². The van der Waals surface area contributed by atoms with E-state index >= 15 is 0 Å². The summed E-state index contributed by atoms with van der Waals surface area (Å²) in [5.74, 6) is -4.22. The summed E-state index contributed by atoms with van der Waals surface area (Å²) in [7, 11) is -3.29. The average molecular weight is 560 g/mol. The summed E-state index contributed by atoms with van der Waals surface area (Å²) < 4.78 is 83.6. The molecule has 0 aliphatic carbocycles. The Morgan fingerprint density at radius 2 is 1.58 bits per heavy atom. The average Bonchev–Trinajstić information content (AvgIpc) is 3.23. The molecule has 0 amide bonds. The van der Waals surface area contributed by atoms with Gasteiger partial charge in [0.1, 0.15) is 17.5 Å². The van der Waals surface area contributed by atoms with Crippen molar-refractivity contribution in [1.82, 2.24) is 24.0 Å². The topological polar surface area (TPSA) is 71.3 Å². The van der Waals surface area contributed by atoms with Gasteiger partial charge in [-0.05, 0) is 75.5 Å². The Balaban J connectivity index is 1.47. The van der Waals surface area contributed by atoms with Crippen molar-refractivity contribution in [2.24, 2.45) is 5.92 Å². The third-order valence-electron chi connectivity index (χ3n) is 8.19. The van der Waals surface area contributed by atoms with Gasteiger partial charge in [0.2, 0.25) is 15.8 Å². The minimum atomic E-state index is -3.29. The fourth-order valence-corrected chi connectivity index (χ4v) is 7.08. The van der Waals surface area contributed by atoms with E-state index in [1.807, 2.05) is 0 Å². The summed E-state index contributed by atoms with van der Waals surface area (Å²) in [4.78, 5) is 2.30. The van der Waals surface area contributed by atoms with Crippen LogP contribution in [0.15, 0.2) is 18.2 Å². The van der Waals surface area contributed by atoms with Gasteiger partial charge in [-0.25, -0.2) is 21.5 Å². The molecule has 4 rings (SSSR count). The number of aryl methyl sites for hydroxylation is 1. The van der Waals surface area contributed by atoms with Gasteiger partial charge in [-0.15, -0.1) is 10.2 Å². The number of likely N-dealkylation sites (tertiary alicyclic amines) is 1. The molecular weight excluding hydrogens is 522 g/mol.